The van der Waals surface area contributed by atoms with Crippen molar-refractivity contribution in [3.05, 3.63) is 24.3 Å². The fraction of sp³-hybridized carbons (Fsp3) is 0.611. The van der Waals surface area contributed by atoms with Gasteiger partial charge in [0.15, 0.2) is 0 Å². The Balaban J connectivity index is 0.00000288. The lowest BCUT2D eigenvalue weighted by Gasteiger charge is -2.26. The fourth-order valence-corrected chi connectivity index (χ4v) is 2.81. The Labute approximate surface area is 150 Å². The van der Waals surface area contributed by atoms with Crippen LogP contribution < -0.4 is 15.8 Å². The summed E-state index contributed by atoms with van der Waals surface area (Å²) in [5.41, 5.74) is 6.15. The van der Waals surface area contributed by atoms with Crippen LogP contribution in [0.3, 0.4) is 0 Å². The number of rotatable bonds is 8. The van der Waals surface area contributed by atoms with Crippen LogP contribution in [0, 0.1) is 0 Å². The Morgan fingerprint density at radius 1 is 1.25 bits per heavy atom. The van der Waals surface area contributed by atoms with Crippen molar-refractivity contribution in [2.75, 3.05) is 18.5 Å². The van der Waals surface area contributed by atoms with Gasteiger partial charge in [0, 0.05) is 12.2 Å². The zero-order valence-corrected chi connectivity index (χ0v) is 15.1. The number of hydrogen-bond acceptors (Lipinski definition) is 4. The van der Waals surface area contributed by atoms with E-state index in [0.717, 1.165) is 24.3 Å². The molecule has 1 aliphatic rings. The number of hydrogen-bond donors (Lipinski definition) is 2. The van der Waals surface area contributed by atoms with Gasteiger partial charge in [-0.25, -0.2) is 0 Å². The van der Waals surface area contributed by atoms with Crippen LogP contribution in [0.15, 0.2) is 24.3 Å². The molecule has 1 saturated carbocycles. The van der Waals surface area contributed by atoms with Gasteiger partial charge in [0.25, 0.3) is 5.91 Å². The molecule has 1 aliphatic carbocycles. The second-order valence-corrected chi connectivity index (χ2v) is 5.94. The molecular weight excluding hydrogens is 328 g/mol. The largest absolute Gasteiger partial charge is 0.492 e. The Hall–Kier alpha value is -1.30. The number of ether oxygens (including phenoxy) is 2. The van der Waals surface area contributed by atoms with Crippen molar-refractivity contribution < 1.29 is 14.3 Å². The summed E-state index contributed by atoms with van der Waals surface area (Å²) in [5.74, 6) is 0.674. The van der Waals surface area contributed by atoms with Gasteiger partial charge in [-0.15, -0.1) is 12.4 Å². The predicted molar refractivity (Wildman–Crippen MR) is 98.9 cm³/mol. The van der Waals surface area contributed by atoms with Gasteiger partial charge in [-0.2, -0.15) is 0 Å². The second-order valence-electron chi connectivity index (χ2n) is 5.94. The van der Waals surface area contributed by atoms with E-state index in [1.807, 2.05) is 31.2 Å². The number of nitrogens with two attached hydrogens (primary N) is 1. The molecule has 1 fully saturated rings. The minimum Gasteiger partial charge on any atom is -0.492 e. The molecule has 1 aromatic rings. The first-order chi connectivity index (χ1) is 11.2. The fourth-order valence-electron chi connectivity index (χ4n) is 2.81. The molecule has 1 unspecified atom stereocenters. The maximum absolute atomic E-state index is 12.4. The monoisotopic (exact) mass is 356 g/mol. The highest BCUT2D eigenvalue weighted by Crippen LogP contribution is 2.23. The van der Waals surface area contributed by atoms with Gasteiger partial charge in [-0.05, 0) is 43.5 Å². The Morgan fingerprint density at radius 3 is 2.50 bits per heavy atom. The van der Waals surface area contributed by atoms with E-state index < -0.39 is 0 Å². The van der Waals surface area contributed by atoms with Crippen LogP contribution in [0.25, 0.3) is 0 Å². The third-order valence-corrected chi connectivity index (χ3v) is 4.08. The van der Waals surface area contributed by atoms with Gasteiger partial charge < -0.3 is 20.5 Å². The number of carbonyl (C=O) groups is 1. The van der Waals surface area contributed by atoms with E-state index in [2.05, 4.69) is 5.32 Å². The number of anilines is 1. The number of carbonyl (C=O) groups excluding carboxylic acids is 1. The molecule has 6 heteroatoms. The van der Waals surface area contributed by atoms with Crippen LogP contribution in [-0.4, -0.2) is 31.3 Å². The molecule has 5 nitrogen and oxygen atoms in total. The van der Waals surface area contributed by atoms with Crippen LogP contribution in [-0.2, 0) is 9.53 Å². The van der Waals surface area contributed by atoms with Gasteiger partial charge >= 0.3 is 0 Å². The van der Waals surface area contributed by atoms with Crippen molar-refractivity contribution in [1.29, 1.82) is 0 Å². The maximum atomic E-state index is 12.4. The molecular formula is C18H29ClN2O3. The number of nitrogens with one attached hydrogen (secondary N) is 1. The molecule has 0 spiro atoms. The van der Waals surface area contributed by atoms with Gasteiger partial charge in [0.05, 0.1) is 6.10 Å². The van der Waals surface area contributed by atoms with Gasteiger partial charge in [-0.3, -0.25) is 4.79 Å². The Kier molecular flexibility index (Phi) is 9.76. The molecule has 0 aliphatic heterocycles. The van der Waals surface area contributed by atoms with Gasteiger partial charge in [-0.1, -0.05) is 26.2 Å². The molecule has 0 saturated heterocycles. The average molecular weight is 357 g/mol. The molecule has 2 rings (SSSR count). The molecule has 0 radical (unpaired) electrons. The zero-order valence-electron chi connectivity index (χ0n) is 14.3. The summed E-state index contributed by atoms with van der Waals surface area (Å²) in [5, 5.41) is 2.92. The van der Waals surface area contributed by atoms with Crippen LogP contribution >= 0.6 is 12.4 Å². The number of benzene rings is 1. The van der Waals surface area contributed by atoms with Crippen molar-refractivity contribution in [2.45, 2.75) is 57.7 Å². The summed E-state index contributed by atoms with van der Waals surface area (Å²) >= 11 is 0. The molecule has 1 atom stereocenters. The summed E-state index contributed by atoms with van der Waals surface area (Å²) in [7, 11) is 0. The third kappa shape index (κ3) is 6.67. The van der Waals surface area contributed by atoms with Crippen molar-refractivity contribution >= 4 is 24.0 Å². The summed E-state index contributed by atoms with van der Waals surface area (Å²) in [6.45, 7) is 2.95. The van der Waals surface area contributed by atoms with Crippen LogP contribution in [0.1, 0.15) is 45.4 Å². The van der Waals surface area contributed by atoms with E-state index in [-0.39, 0.29) is 30.5 Å². The van der Waals surface area contributed by atoms with Crippen molar-refractivity contribution in [1.82, 2.24) is 0 Å². The highest BCUT2D eigenvalue weighted by molar-refractivity contribution is 5.94. The van der Waals surface area contributed by atoms with Crippen molar-refractivity contribution in [3.63, 3.8) is 0 Å². The lowest BCUT2D eigenvalue weighted by atomic mass is 9.97. The minimum atomic E-state index is -0.383. The molecule has 1 aromatic carbocycles. The average Bonchev–Trinajstić information content (AvgIpc) is 2.60. The molecule has 1 amide bonds. The minimum absolute atomic E-state index is 0. The Bertz CT molecular complexity index is 476. The smallest absolute Gasteiger partial charge is 0.253 e. The topological polar surface area (TPSA) is 73.6 Å². The van der Waals surface area contributed by atoms with E-state index in [1.165, 1.54) is 19.3 Å². The van der Waals surface area contributed by atoms with E-state index in [9.17, 15) is 4.79 Å². The third-order valence-electron chi connectivity index (χ3n) is 4.08. The molecule has 3 N–H and O–H groups in total. The summed E-state index contributed by atoms with van der Waals surface area (Å²) in [4.78, 5) is 12.4. The lowest BCUT2D eigenvalue weighted by Crippen LogP contribution is -2.34. The maximum Gasteiger partial charge on any atom is 0.253 e. The van der Waals surface area contributed by atoms with Crippen LogP contribution in [0.2, 0.25) is 0 Å². The van der Waals surface area contributed by atoms with E-state index in [0.29, 0.717) is 19.6 Å². The number of amides is 1. The quantitative estimate of drug-likeness (QED) is 0.747. The summed E-state index contributed by atoms with van der Waals surface area (Å²) in [6.07, 6.45) is 6.34. The summed E-state index contributed by atoms with van der Waals surface area (Å²) < 4.78 is 11.4. The van der Waals surface area contributed by atoms with Gasteiger partial charge in [0.2, 0.25) is 0 Å². The van der Waals surface area contributed by atoms with Crippen molar-refractivity contribution in [3.8, 4) is 5.75 Å². The van der Waals surface area contributed by atoms with Crippen molar-refractivity contribution in [2.24, 2.45) is 5.73 Å². The van der Waals surface area contributed by atoms with Gasteiger partial charge in [0.1, 0.15) is 18.5 Å². The molecule has 0 aromatic heterocycles. The van der Waals surface area contributed by atoms with E-state index in [4.69, 9.17) is 15.2 Å². The number of halogens is 1. The molecule has 24 heavy (non-hydrogen) atoms. The second kappa shape index (κ2) is 11.3. The van der Waals surface area contributed by atoms with Crippen LogP contribution in [0.5, 0.6) is 5.75 Å². The first kappa shape index (κ1) is 20.7. The molecule has 0 heterocycles. The SMILES string of the molecule is CCC(OC1CCCCC1)C(=O)Nc1ccc(OCCN)cc1.Cl. The standard InChI is InChI=1S/C18H28N2O3.ClH/c1-2-17(23-16-6-4-3-5-7-16)18(21)20-14-8-10-15(11-9-14)22-13-12-19;/h8-11,16-17H,2-7,12-13,19H2,1H3,(H,20,21);1H. The first-order valence-electron chi connectivity index (χ1n) is 8.62. The molecule has 0 bridgehead atoms. The normalized spacial score (nSPS) is 16.1. The zero-order chi connectivity index (χ0) is 16.5. The highest BCUT2D eigenvalue weighted by Gasteiger charge is 2.23. The Morgan fingerprint density at radius 2 is 1.92 bits per heavy atom. The lowest BCUT2D eigenvalue weighted by molar-refractivity contribution is -0.132. The first-order valence-corrected chi connectivity index (χ1v) is 8.62. The van der Waals surface area contributed by atoms with Crippen LogP contribution in [0.4, 0.5) is 5.69 Å². The molecule has 136 valence electrons. The van der Waals surface area contributed by atoms with E-state index >= 15 is 0 Å². The summed E-state index contributed by atoms with van der Waals surface area (Å²) in [6, 6.07) is 7.32. The van der Waals surface area contributed by atoms with E-state index in [1.54, 1.807) is 0 Å². The highest BCUT2D eigenvalue weighted by atomic mass is 35.5. The predicted octanol–water partition coefficient (Wildman–Crippen LogP) is 3.51.